The fourth-order valence-electron chi connectivity index (χ4n) is 1.05. The second-order valence-corrected chi connectivity index (χ2v) is 2.78. The number of nitro groups is 1. The van der Waals surface area contributed by atoms with Gasteiger partial charge in [-0.25, -0.2) is 0 Å². The summed E-state index contributed by atoms with van der Waals surface area (Å²) in [5, 5.41) is 12.9. The second kappa shape index (κ2) is 4.36. The lowest BCUT2D eigenvalue weighted by atomic mass is 10.1. The molecular formula is C9H10N2O3. The van der Waals surface area contributed by atoms with Crippen LogP contribution in [0.4, 0.5) is 5.69 Å². The minimum atomic E-state index is -0.479. The molecule has 0 atom stereocenters. The van der Waals surface area contributed by atoms with Gasteiger partial charge in [-0.2, -0.15) is 0 Å². The van der Waals surface area contributed by atoms with Crippen molar-refractivity contribution in [3.8, 4) is 0 Å². The van der Waals surface area contributed by atoms with E-state index in [-0.39, 0.29) is 18.0 Å². The number of non-ortho nitro benzene ring substituents is 1. The molecule has 0 saturated heterocycles. The van der Waals surface area contributed by atoms with Crippen molar-refractivity contribution in [2.45, 2.75) is 6.42 Å². The summed E-state index contributed by atoms with van der Waals surface area (Å²) in [6.45, 7) is 0. The molecule has 1 N–H and O–H groups in total. The van der Waals surface area contributed by atoms with E-state index in [1.165, 1.54) is 19.2 Å². The summed E-state index contributed by atoms with van der Waals surface area (Å²) >= 11 is 0. The summed E-state index contributed by atoms with van der Waals surface area (Å²) in [6.07, 6.45) is 0.165. The van der Waals surface area contributed by atoms with E-state index in [2.05, 4.69) is 5.32 Å². The van der Waals surface area contributed by atoms with E-state index in [4.69, 9.17) is 0 Å². The third kappa shape index (κ3) is 2.55. The van der Waals surface area contributed by atoms with Gasteiger partial charge in [0, 0.05) is 19.2 Å². The number of rotatable bonds is 3. The highest BCUT2D eigenvalue weighted by Crippen LogP contribution is 2.13. The van der Waals surface area contributed by atoms with Crippen LogP contribution in [0.15, 0.2) is 24.3 Å². The fourth-order valence-corrected chi connectivity index (χ4v) is 1.05. The molecule has 0 heterocycles. The van der Waals surface area contributed by atoms with Gasteiger partial charge < -0.3 is 5.32 Å². The SMILES string of the molecule is CNC(=O)Cc1cccc([N+](=O)[O-])c1. The summed E-state index contributed by atoms with van der Waals surface area (Å²) in [7, 11) is 1.53. The monoisotopic (exact) mass is 194 g/mol. The van der Waals surface area contributed by atoms with Gasteiger partial charge in [0.2, 0.25) is 5.91 Å². The zero-order valence-corrected chi connectivity index (χ0v) is 7.69. The number of nitrogens with zero attached hydrogens (tertiary/aromatic N) is 1. The Morgan fingerprint density at radius 2 is 2.29 bits per heavy atom. The molecule has 14 heavy (non-hydrogen) atoms. The third-order valence-corrected chi connectivity index (χ3v) is 1.76. The number of nitrogens with one attached hydrogen (secondary N) is 1. The maximum Gasteiger partial charge on any atom is 0.269 e. The lowest BCUT2D eigenvalue weighted by Gasteiger charge is -1.99. The van der Waals surface area contributed by atoms with Crippen molar-refractivity contribution in [3.05, 3.63) is 39.9 Å². The summed E-state index contributed by atoms with van der Waals surface area (Å²) in [6, 6.07) is 6.04. The molecule has 0 saturated carbocycles. The van der Waals surface area contributed by atoms with Gasteiger partial charge in [-0.05, 0) is 5.56 Å². The van der Waals surface area contributed by atoms with E-state index in [9.17, 15) is 14.9 Å². The Hall–Kier alpha value is -1.91. The highest BCUT2D eigenvalue weighted by molar-refractivity contribution is 5.78. The zero-order valence-electron chi connectivity index (χ0n) is 7.69. The molecule has 0 radical (unpaired) electrons. The molecule has 1 aromatic rings. The first-order valence-electron chi connectivity index (χ1n) is 4.07. The Kier molecular flexibility index (Phi) is 3.17. The topological polar surface area (TPSA) is 72.2 Å². The first-order chi connectivity index (χ1) is 6.63. The van der Waals surface area contributed by atoms with Crippen LogP contribution in [-0.4, -0.2) is 17.9 Å². The van der Waals surface area contributed by atoms with Crippen LogP contribution in [0.25, 0.3) is 0 Å². The molecule has 1 rings (SSSR count). The highest BCUT2D eigenvalue weighted by atomic mass is 16.6. The normalized spacial score (nSPS) is 9.50. The molecule has 0 aliphatic rings. The Morgan fingerprint density at radius 3 is 2.86 bits per heavy atom. The van der Waals surface area contributed by atoms with E-state index in [0.29, 0.717) is 5.56 Å². The van der Waals surface area contributed by atoms with Crippen molar-refractivity contribution in [2.75, 3.05) is 7.05 Å². The van der Waals surface area contributed by atoms with Crippen LogP contribution in [0.5, 0.6) is 0 Å². The number of hydrogen-bond acceptors (Lipinski definition) is 3. The van der Waals surface area contributed by atoms with E-state index in [0.717, 1.165) is 0 Å². The number of carbonyl (C=O) groups is 1. The number of amides is 1. The van der Waals surface area contributed by atoms with Gasteiger partial charge in [-0.1, -0.05) is 12.1 Å². The predicted octanol–water partition coefficient (Wildman–Crippen LogP) is 0.883. The molecular weight excluding hydrogens is 184 g/mol. The van der Waals surface area contributed by atoms with Crippen LogP contribution in [0.1, 0.15) is 5.56 Å². The molecule has 5 nitrogen and oxygen atoms in total. The van der Waals surface area contributed by atoms with Gasteiger partial charge in [0.15, 0.2) is 0 Å². The number of hydrogen-bond donors (Lipinski definition) is 1. The molecule has 0 aliphatic carbocycles. The lowest BCUT2D eigenvalue weighted by Crippen LogP contribution is -2.19. The quantitative estimate of drug-likeness (QED) is 0.573. The minimum absolute atomic E-state index is 0.00593. The van der Waals surface area contributed by atoms with E-state index in [1.54, 1.807) is 12.1 Å². The maximum atomic E-state index is 11.0. The molecule has 74 valence electrons. The Morgan fingerprint density at radius 1 is 1.57 bits per heavy atom. The average molecular weight is 194 g/mol. The van der Waals surface area contributed by atoms with Gasteiger partial charge in [0.1, 0.15) is 0 Å². The van der Waals surface area contributed by atoms with E-state index >= 15 is 0 Å². The Bertz CT molecular complexity index is 363. The summed E-state index contributed by atoms with van der Waals surface area (Å²) < 4.78 is 0. The molecule has 1 aromatic carbocycles. The van der Waals surface area contributed by atoms with Crippen LogP contribution in [-0.2, 0) is 11.2 Å². The number of likely N-dealkylation sites (N-methyl/N-ethyl adjacent to an activating group) is 1. The van der Waals surface area contributed by atoms with Crippen molar-refractivity contribution in [2.24, 2.45) is 0 Å². The van der Waals surface area contributed by atoms with Crippen LogP contribution < -0.4 is 5.32 Å². The zero-order chi connectivity index (χ0) is 10.6. The number of carbonyl (C=O) groups excluding carboxylic acids is 1. The molecule has 1 amide bonds. The van der Waals surface area contributed by atoms with Crippen molar-refractivity contribution in [3.63, 3.8) is 0 Å². The highest BCUT2D eigenvalue weighted by Gasteiger charge is 2.07. The van der Waals surface area contributed by atoms with Crippen LogP contribution in [0, 0.1) is 10.1 Å². The van der Waals surface area contributed by atoms with Crippen LogP contribution in [0.2, 0.25) is 0 Å². The summed E-state index contributed by atoms with van der Waals surface area (Å²) in [5.74, 6) is -0.162. The van der Waals surface area contributed by atoms with Gasteiger partial charge in [0.05, 0.1) is 11.3 Å². The predicted molar refractivity (Wildman–Crippen MR) is 50.9 cm³/mol. The first kappa shape index (κ1) is 10.2. The van der Waals surface area contributed by atoms with Crippen molar-refractivity contribution in [1.29, 1.82) is 0 Å². The van der Waals surface area contributed by atoms with E-state index < -0.39 is 4.92 Å². The molecule has 0 bridgehead atoms. The largest absolute Gasteiger partial charge is 0.359 e. The van der Waals surface area contributed by atoms with Gasteiger partial charge in [0.25, 0.3) is 5.69 Å². The standard InChI is InChI=1S/C9H10N2O3/c1-10-9(12)6-7-3-2-4-8(5-7)11(13)14/h2-5H,6H2,1H3,(H,10,12). The molecule has 5 heteroatoms. The summed E-state index contributed by atoms with van der Waals surface area (Å²) in [4.78, 5) is 20.9. The minimum Gasteiger partial charge on any atom is -0.359 e. The first-order valence-corrected chi connectivity index (χ1v) is 4.07. The lowest BCUT2D eigenvalue weighted by molar-refractivity contribution is -0.384. The smallest absolute Gasteiger partial charge is 0.269 e. The third-order valence-electron chi connectivity index (χ3n) is 1.76. The molecule has 0 fully saturated rings. The molecule has 0 aliphatic heterocycles. The molecule has 0 spiro atoms. The van der Waals surface area contributed by atoms with Crippen LogP contribution in [0.3, 0.4) is 0 Å². The molecule has 0 aromatic heterocycles. The van der Waals surface area contributed by atoms with Crippen molar-refractivity contribution >= 4 is 11.6 Å². The van der Waals surface area contributed by atoms with Crippen molar-refractivity contribution in [1.82, 2.24) is 5.32 Å². The Balaban J connectivity index is 2.83. The second-order valence-electron chi connectivity index (χ2n) is 2.78. The van der Waals surface area contributed by atoms with E-state index in [1.807, 2.05) is 0 Å². The fraction of sp³-hybridized carbons (Fsp3) is 0.222. The number of benzene rings is 1. The van der Waals surface area contributed by atoms with Crippen LogP contribution >= 0.6 is 0 Å². The van der Waals surface area contributed by atoms with Gasteiger partial charge in [-0.15, -0.1) is 0 Å². The summed E-state index contributed by atoms with van der Waals surface area (Å²) in [5.41, 5.74) is 0.643. The average Bonchev–Trinajstić information content (AvgIpc) is 2.18. The van der Waals surface area contributed by atoms with Crippen molar-refractivity contribution < 1.29 is 9.72 Å². The van der Waals surface area contributed by atoms with Gasteiger partial charge in [-0.3, -0.25) is 14.9 Å². The maximum absolute atomic E-state index is 11.0. The Labute approximate surface area is 80.9 Å². The van der Waals surface area contributed by atoms with Gasteiger partial charge >= 0.3 is 0 Å². The number of nitro benzene ring substituents is 1. The molecule has 0 unspecified atom stereocenters.